The first-order valence-electron chi connectivity index (χ1n) is 7.86. The molecular weight excluding hydrogens is 284 g/mol. The van der Waals surface area contributed by atoms with E-state index in [1.807, 2.05) is 45.0 Å². The minimum atomic E-state index is 0.256. The van der Waals surface area contributed by atoms with Crippen molar-refractivity contribution in [1.29, 1.82) is 5.41 Å². The molecule has 3 nitrogen and oxygen atoms in total. The van der Waals surface area contributed by atoms with Crippen LogP contribution in [0.25, 0.3) is 0 Å². The SMILES string of the molecule is CC(=N)c1ccc(C)cc1N.Cc1ccc(OC(C)C)c(C)c1. The fourth-order valence-corrected chi connectivity index (χ4v) is 2.21. The number of aryl methyl sites for hydroxylation is 3. The van der Waals surface area contributed by atoms with Crippen LogP contribution in [0.5, 0.6) is 5.75 Å². The van der Waals surface area contributed by atoms with E-state index in [1.54, 1.807) is 6.92 Å². The fraction of sp³-hybridized carbons (Fsp3) is 0.350. The molecule has 3 N–H and O–H groups in total. The van der Waals surface area contributed by atoms with Crippen molar-refractivity contribution in [3.63, 3.8) is 0 Å². The van der Waals surface area contributed by atoms with Crippen LogP contribution in [0, 0.1) is 26.2 Å². The number of hydrogen-bond donors (Lipinski definition) is 2. The first kappa shape index (κ1) is 18.8. The van der Waals surface area contributed by atoms with Crippen molar-refractivity contribution in [2.75, 3.05) is 5.73 Å². The number of nitrogens with two attached hydrogens (primary N) is 1. The minimum absolute atomic E-state index is 0.256. The fourth-order valence-electron chi connectivity index (χ4n) is 2.21. The van der Waals surface area contributed by atoms with E-state index in [4.69, 9.17) is 15.9 Å². The van der Waals surface area contributed by atoms with Crippen LogP contribution in [0.15, 0.2) is 36.4 Å². The van der Waals surface area contributed by atoms with Gasteiger partial charge < -0.3 is 15.9 Å². The van der Waals surface area contributed by atoms with Crippen molar-refractivity contribution >= 4 is 11.4 Å². The molecule has 2 aromatic carbocycles. The van der Waals surface area contributed by atoms with E-state index in [-0.39, 0.29) is 6.10 Å². The zero-order chi connectivity index (χ0) is 17.6. The molecule has 0 aromatic heterocycles. The van der Waals surface area contributed by atoms with Crippen molar-refractivity contribution < 1.29 is 4.74 Å². The standard InChI is InChI=1S/C11H16O.C9H12N2/c1-8(2)12-11-6-5-9(3)7-10(11)4;1-6-3-4-8(7(2)10)9(11)5-6/h5-8H,1-4H3;3-5,10H,11H2,1-2H3. The van der Waals surface area contributed by atoms with Gasteiger partial charge in [-0.05, 0) is 64.8 Å². The van der Waals surface area contributed by atoms with Gasteiger partial charge in [0.15, 0.2) is 0 Å². The molecule has 0 atom stereocenters. The van der Waals surface area contributed by atoms with Crippen molar-refractivity contribution in [2.24, 2.45) is 0 Å². The van der Waals surface area contributed by atoms with Crippen LogP contribution < -0.4 is 10.5 Å². The van der Waals surface area contributed by atoms with Crippen molar-refractivity contribution in [3.8, 4) is 5.75 Å². The molecule has 0 heterocycles. The van der Waals surface area contributed by atoms with Gasteiger partial charge in [0.25, 0.3) is 0 Å². The van der Waals surface area contributed by atoms with Crippen LogP contribution in [0.4, 0.5) is 5.69 Å². The van der Waals surface area contributed by atoms with Gasteiger partial charge in [0.1, 0.15) is 5.75 Å². The molecule has 0 aliphatic rings. The number of hydrogen-bond acceptors (Lipinski definition) is 3. The Kier molecular flexibility index (Phi) is 6.83. The maximum atomic E-state index is 7.37. The minimum Gasteiger partial charge on any atom is -0.491 e. The second-order valence-electron chi connectivity index (χ2n) is 6.15. The highest BCUT2D eigenvalue weighted by Crippen LogP contribution is 2.19. The summed E-state index contributed by atoms with van der Waals surface area (Å²) in [5.74, 6) is 0.996. The van der Waals surface area contributed by atoms with Crippen LogP contribution in [0.1, 0.15) is 43.0 Å². The first-order valence-corrected chi connectivity index (χ1v) is 7.86. The normalized spacial score (nSPS) is 10.0. The molecule has 0 fully saturated rings. The summed E-state index contributed by atoms with van der Waals surface area (Å²) >= 11 is 0. The Balaban J connectivity index is 0.000000231. The van der Waals surface area contributed by atoms with Gasteiger partial charge in [0, 0.05) is 17.0 Å². The zero-order valence-corrected chi connectivity index (χ0v) is 15.0. The predicted molar refractivity (Wildman–Crippen MR) is 99.8 cm³/mol. The summed E-state index contributed by atoms with van der Waals surface area (Å²) in [4.78, 5) is 0. The van der Waals surface area contributed by atoms with Crippen molar-refractivity contribution in [1.82, 2.24) is 0 Å². The second-order valence-corrected chi connectivity index (χ2v) is 6.15. The van der Waals surface area contributed by atoms with Gasteiger partial charge in [0.05, 0.1) is 6.10 Å². The molecule has 0 amide bonds. The Hall–Kier alpha value is -2.29. The molecule has 2 aromatic rings. The molecule has 0 aliphatic carbocycles. The molecule has 3 heteroatoms. The number of rotatable bonds is 3. The zero-order valence-electron chi connectivity index (χ0n) is 15.0. The van der Waals surface area contributed by atoms with Crippen LogP contribution in [0.2, 0.25) is 0 Å². The number of benzene rings is 2. The molecule has 0 unspecified atom stereocenters. The van der Waals surface area contributed by atoms with Gasteiger partial charge in [-0.15, -0.1) is 0 Å². The first-order chi connectivity index (χ1) is 10.7. The third-order valence-electron chi connectivity index (χ3n) is 3.30. The van der Waals surface area contributed by atoms with Gasteiger partial charge in [-0.2, -0.15) is 0 Å². The summed E-state index contributed by atoms with van der Waals surface area (Å²) in [7, 11) is 0. The van der Waals surface area contributed by atoms with E-state index in [0.717, 1.165) is 16.9 Å². The summed E-state index contributed by atoms with van der Waals surface area (Å²) < 4.78 is 5.60. The van der Waals surface area contributed by atoms with E-state index >= 15 is 0 Å². The number of ether oxygens (including phenoxy) is 1. The predicted octanol–water partition coefficient (Wildman–Crippen LogP) is 5.06. The highest BCUT2D eigenvalue weighted by atomic mass is 16.5. The Labute approximate surface area is 140 Å². The highest BCUT2D eigenvalue weighted by Gasteiger charge is 2.01. The van der Waals surface area contributed by atoms with Crippen LogP contribution in [-0.4, -0.2) is 11.8 Å². The smallest absolute Gasteiger partial charge is 0.122 e. The Bertz CT molecular complexity index is 675. The highest BCUT2D eigenvalue weighted by molar-refractivity contribution is 6.00. The summed E-state index contributed by atoms with van der Waals surface area (Å²) in [5, 5.41) is 7.37. The average Bonchev–Trinajstić information content (AvgIpc) is 2.42. The Morgan fingerprint density at radius 1 is 1.00 bits per heavy atom. The van der Waals surface area contributed by atoms with Gasteiger partial charge in [-0.3, -0.25) is 0 Å². The maximum Gasteiger partial charge on any atom is 0.122 e. The Morgan fingerprint density at radius 3 is 2.04 bits per heavy atom. The maximum absolute atomic E-state index is 7.37. The second kappa shape index (κ2) is 8.37. The number of anilines is 1. The van der Waals surface area contributed by atoms with Gasteiger partial charge in [-0.25, -0.2) is 0 Å². The van der Waals surface area contributed by atoms with E-state index in [1.165, 1.54) is 11.1 Å². The Morgan fingerprint density at radius 2 is 1.57 bits per heavy atom. The molecule has 124 valence electrons. The average molecular weight is 312 g/mol. The van der Waals surface area contributed by atoms with Gasteiger partial charge in [-0.1, -0.05) is 29.8 Å². The van der Waals surface area contributed by atoms with E-state index < -0.39 is 0 Å². The lowest BCUT2D eigenvalue weighted by Crippen LogP contribution is -2.06. The molecular formula is C20H28N2O. The summed E-state index contributed by atoms with van der Waals surface area (Å²) in [5.41, 5.74) is 11.3. The monoisotopic (exact) mass is 312 g/mol. The topological polar surface area (TPSA) is 59.1 Å². The third kappa shape index (κ3) is 6.15. The lowest BCUT2D eigenvalue weighted by molar-refractivity contribution is 0.241. The van der Waals surface area contributed by atoms with Crippen LogP contribution >= 0.6 is 0 Å². The van der Waals surface area contributed by atoms with Crippen LogP contribution in [-0.2, 0) is 0 Å². The quantitative estimate of drug-likeness (QED) is 0.615. The largest absolute Gasteiger partial charge is 0.491 e. The van der Waals surface area contributed by atoms with Crippen molar-refractivity contribution in [3.05, 3.63) is 58.7 Å². The van der Waals surface area contributed by atoms with Crippen LogP contribution in [0.3, 0.4) is 0 Å². The summed E-state index contributed by atoms with van der Waals surface area (Å²) in [6.07, 6.45) is 0.256. The molecule has 0 aliphatic heterocycles. The lowest BCUT2D eigenvalue weighted by atomic mass is 10.1. The van der Waals surface area contributed by atoms with E-state index in [9.17, 15) is 0 Å². The summed E-state index contributed by atoms with van der Waals surface area (Å²) in [6, 6.07) is 12.0. The molecule has 0 radical (unpaired) electrons. The van der Waals surface area contributed by atoms with E-state index in [0.29, 0.717) is 11.4 Å². The van der Waals surface area contributed by atoms with Gasteiger partial charge >= 0.3 is 0 Å². The molecule has 0 saturated heterocycles. The molecule has 0 bridgehead atoms. The molecule has 0 saturated carbocycles. The number of nitrogen functional groups attached to an aromatic ring is 1. The third-order valence-corrected chi connectivity index (χ3v) is 3.30. The van der Waals surface area contributed by atoms with E-state index in [2.05, 4.69) is 26.0 Å². The molecule has 23 heavy (non-hydrogen) atoms. The van der Waals surface area contributed by atoms with Crippen molar-refractivity contribution in [2.45, 2.75) is 47.6 Å². The lowest BCUT2D eigenvalue weighted by Gasteiger charge is -2.12. The molecule has 2 rings (SSSR count). The number of nitrogens with one attached hydrogen (secondary N) is 1. The van der Waals surface area contributed by atoms with Gasteiger partial charge in [0.2, 0.25) is 0 Å². The summed E-state index contributed by atoms with van der Waals surface area (Å²) in [6.45, 7) is 12.0. The molecule has 0 spiro atoms.